The average Bonchev–Trinajstić information content (AvgIpc) is 2.49. The molecular formula is C14H12N2O5. The zero-order valence-corrected chi connectivity index (χ0v) is 11.0. The van der Waals surface area contributed by atoms with Crippen LogP contribution in [0.3, 0.4) is 0 Å². The number of aromatic hydroxyl groups is 1. The molecule has 2 aromatic rings. The number of phenolic OH excluding ortho intramolecular Hbond substituents is 1. The van der Waals surface area contributed by atoms with E-state index in [4.69, 9.17) is 9.84 Å². The molecule has 0 aliphatic heterocycles. The number of pyridine rings is 1. The second-order valence-electron chi connectivity index (χ2n) is 4.08. The number of benzene rings is 1. The Bertz CT molecular complexity index is 682. The van der Waals surface area contributed by atoms with Crippen molar-refractivity contribution in [2.24, 2.45) is 0 Å². The lowest BCUT2D eigenvalue weighted by atomic mass is 10.1. The first-order valence-corrected chi connectivity index (χ1v) is 5.89. The highest BCUT2D eigenvalue weighted by Gasteiger charge is 2.14. The summed E-state index contributed by atoms with van der Waals surface area (Å²) in [5.74, 6) is -1.61. The van der Waals surface area contributed by atoms with Gasteiger partial charge in [-0.3, -0.25) is 4.79 Å². The maximum Gasteiger partial charge on any atom is 0.337 e. The summed E-state index contributed by atoms with van der Waals surface area (Å²) in [7, 11) is 1.46. The molecule has 21 heavy (non-hydrogen) atoms. The van der Waals surface area contributed by atoms with Crippen molar-refractivity contribution in [3.63, 3.8) is 0 Å². The Morgan fingerprint density at radius 3 is 2.57 bits per heavy atom. The van der Waals surface area contributed by atoms with Crippen LogP contribution in [0.2, 0.25) is 0 Å². The Morgan fingerprint density at radius 2 is 2.00 bits per heavy atom. The minimum absolute atomic E-state index is 0.0844. The largest absolute Gasteiger partial charge is 0.508 e. The highest BCUT2D eigenvalue weighted by atomic mass is 16.5. The molecule has 0 atom stereocenters. The van der Waals surface area contributed by atoms with Crippen LogP contribution in [0.5, 0.6) is 11.6 Å². The molecule has 0 radical (unpaired) electrons. The number of carbonyl (C=O) groups excluding carboxylic acids is 1. The minimum atomic E-state index is -1.26. The highest BCUT2D eigenvalue weighted by Crippen LogP contribution is 2.22. The fourth-order valence-electron chi connectivity index (χ4n) is 1.65. The Balaban J connectivity index is 2.24. The first-order valence-electron chi connectivity index (χ1n) is 5.89. The van der Waals surface area contributed by atoms with Crippen LogP contribution in [0.25, 0.3) is 0 Å². The monoisotopic (exact) mass is 288 g/mol. The van der Waals surface area contributed by atoms with Crippen molar-refractivity contribution in [3.05, 3.63) is 47.7 Å². The Labute approximate surface area is 119 Å². The Hall–Kier alpha value is -3.09. The predicted molar refractivity (Wildman–Crippen MR) is 73.8 cm³/mol. The van der Waals surface area contributed by atoms with Crippen LogP contribution >= 0.6 is 0 Å². The van der Waals surface area contributed by atoms with E-state index >= 15 is 0 Å². The molecule has 1 amide bonds. The normalized spacial score (nSPS) is 9.95. The van der Waals surface area contributed by atoms with E-state index in [1.54, 1.807) is 0 Å². The molecule has 2 rings (SSSR count). The van der Waals surface area contributed by atoms with Crippen LogP contribution in [0.1, 0.15) is 20.7 Å². The first-order chi connectivity index (χ1) is 10.0. The average molecular weight is 288 g/mol. The van der Waals surface area contributed by atoms with Gasteiger partial charge in [0.1, 0.15) is 5.75 Å². The maximum absolute atomic E-state index is 12.0. The van der Waals surface area contributed by atoms with Gasteiger partial charge >= 0.3 is 5.97 Å². The summed E-state index contributed by atoms with van der Waals surface area (Å²) in [4.78, 5) is 27.0. The van der Waals surface area contributed by atoms with E-state index < -0.39 is 11.9 Å². The lowest BCUT2D eigenvalue weighted by molar-refractivity contribution is 0.0697. The van der Waals surface area contributed by atoms with Crippen molar-refractivity contribution in [2.75, 3.05) is 12.4 Å². The molecule has 1 heterocycles. The number of carbonyl (C=O) groups is 2. The molecule has 0 saturated carbocycles. The zero-order valence-electron chi connectivity index (χ0n) is 11.0. The lowest BCUT2D eigenvalue weighted by Gasteiger charge is -2.09. The molecular weight excluding hydrogens is 276 g/mol. The van der Waals surface area contributed by atoms with Crippen molar-refractivity contribution in [3.8, 4) is 11.6 Å². The quantitative estimate of drug-likeness (QED) is 0.739. The molecule has 7 heteroatoms. The third-order valence-corrected chi connectivity index (χ3v) is 2.69. The number of nitrogens with one attached hydrogen (secondary N) is 1. The van der Waals surface area contributed by atoms with E-state index in [0.29, 0.717) is 5.88 Å². The van der Waals surface area contributed by atoms with Gasteiger partial charge in [0.05, 0.1) is 23.9 Å². The number of carboxylic acid groups (broad SMARTS) is 1. The molecule has 0 saturated heterocycles. The number of carboxylic acids is 1. The van der Waals surface area contributed by atoms with Gasteiger partial charge < -0.3 is 20.3 Å². The van der Waals surface area contributed by atoms with E-state index in [0.717, 1.165) is 6.07 Å². The van der Waals surface area contributed by atoms with Crippen molar-refractivity contribution < 1.29 is 24.5 Å². The van der Waals surface area contributed by atoms with E-state index in [2.05, 4.69) is 10.3 Å². The number of hydrogen-bond donors (Lipinski definition) is 3. The second-order valence-corrected chi connectivity index (χ2v) is 4.08. The molecule has 108 valence electrons. The number of amides is 1. The summed E-state index contributed by atoms with van der Waals surface area (Å²) >= 11 is 0. The number of hydrogen-bond acceptors (Lipinski definition) is 5. The molecule has 0 unspecified atom stereocenters. The van der Waals surface area contributed by atoms with Crippen molar-refractivity contribution in [1.29, 1.82) is 0 Å². The van der Waals surface area contributed by atoms with Gasteiger partial charge in [-0.25, -0.2) is 9.78 Å². The number of phenols is 1. The zero-order chi connectivity index (χ0) is 15.4. The lowest BCUT2D eigenvalue weighted by Crippen LogP contribution is -2.15. The summed E-state index contributed by atoms with van der Waals surface area (Å²) in [5.41, 5.74) is 0.131. The van der Waals surface area contributed by atoms with Gasteiger partial charge in [-0.15, -0.1) is 0 Å². The number of methoxy groups -OCH3 is 1. The van der Waals surface area contributed by atoms with Crippen LogP contribution in [-0.4, -0.2) is 34.2 Å². The molecule has 1 aromatic heterocycles. The molecule has 0 aliphatic rings. The summed E-state index contributed by atoms with van der Waals surface area (Å²) in [6.45, 7) is 0. The SMILES string of the molecule is COc1ccc(C(=O)Nc2ccc(O)cc2C(=O)O)cn1. The van der Waals surface area contributed by atoms with Gasteiger partial charge in [0.2, 0.25) is 5.88 Å². The van der Waals surface area contributed by atoms with Crippen molar-refractivity contribution in [1.82, 2.24) is 4.98 Å². The minimum Gasteiger partial charge on any atom is -0.508 e. The fraction of sp³-hybridized carbons (Fsp3) is 0.0714. The number of anilines is 1. The first kappa shape index (κ1) is 14.3. The molecule has 3 N–H and O–H groups in total. The molecule has 0 spiro atoms. The fourth-order valence-corrected chi connectivity index (χ4v) is 1.65. The summed E-state index contributed by atoms with van der Waals surface area (Å²) in [6.07, 6.45) is 1.31. The van der Waals surface area contributed by atoms with Gasteiger partial charge in [0.15, 0.2) is 0 Å². The van der Waals surface area contributed by atoms with Crippen LogP contribution in [-0.2, 0) is 0 Å². The van der Waals surface area contributed by atoms with E-state index in [9.17, 15) is 14.7 Å². The highest BCUT2D eigenvalue weighted by molar-refractivity contribution is 6.07. The number of aromatic carboxylic acids is 1. The van der Waals surface area contributed by atoms with Gasteiger partial charge in [-0.2, -0.15) is 0 Å². The predicted octanol–water partition coefficient (Wildman–Crippen LogP) is 1.75. The van der Waals surface area contributed by atoms with E-state index in [1.807, 2.05) is 0 Å². The van der Waals surface area contributed by atoms with Gasteiger partial charge in [-0.1, -0.05) is 0 Å². The molecule has 0 fully saturated rings. The van der Waals surface area contributed by atoms with Gasteiger partial charge in [0.25, 0.3) is 5.91 Å². The third-order valence-electron chi connectivity index (χ3n) is 2.69. The number of ether oxygens (including phenoxy) is 1. The molecule has 7 nitrogen and oxygen atoms in total. The van der Waals surface area contributed by atoms with E-state index in [-0.39, 0.29) is 22.6 Å². The summed E-state index contributed by atoms with van der Waals surface area (Å²) < 4.78 is 4.88. The summed E-state index contributed by atoms with van der Waals surface area (Å²) in [6, 6.07) is 6.68. The van der Waals surface area contributed by atoms with Crippen LogP contribution in [0, 0.1) is 0 Å². The standard InChI is InChI=1S/C14H12N2O5/c1-21-12-5-2-8(7-15-12)13(18)16-11-4-3-9(17)6-10(11)14(19)20/h2-7,17H,1H3,(H,16,18)(H,19,20). The molecule has 0 bridgehead atoms. The number of rotatable bonds is 4. The Morgan fingerprint density at radius 1 is 1.24 bits per heavy atom. The number of nitrogens with zero attached hydrogens (tertiary/aromatic N) is 1. The molecule has 1 aromatic carbocycles. The second kappa shape index (κ2) is 5.91. The topological polar surface area (TPSA) is 109 Å². The molecule has 0 aliphatic carbocycles. The third kappa shape index (κ3) is 3.27. The smallest absolute Gasteiger partial charge is 0.337 e. The van der Waals surface area contributed by atoms with Crippen LogP contribution in [0.4, 0.5) is 5.69 Å². The van der Waals surface area contributed by atoms with Crippen LogP contribution < -0.4 is 10.1 Å². The van der Waals surface area contributed by atoms with E-state index in [1.165, 1.54) is 37.6 Å². The Kier molecular flexibility index (Phi) is 4.03. The van der Waals surface area contributed by atoms with Crippen LogP contribution in [0.15, 0.2) is 36.5 Å². The van der Waals surface area contributed by atoms with Gasteiger partial charge in [0, 0.05) is 12.3 Å². The van der Waals surface area contributed by atoms with Gasteiger partial charge in [-0.05, 0) is 24.3 Å². The number of aromatic nitrogens is 1. The summed E-state index contributed by atoms with van der Waals surface area (Å²) in [5, 5.41) is 20.8. The maximum atomic E-state index is 12.0. The van der Waals surface area contributed by atoms with Crippen molar-refractivity contribution in [2.45, 2.75) is 0 Å². The van der Waals surface area contributed by atoms with Crippen molar-refractivity contribution >= 4 is 17.6 Å².